The Morgan fingerprint density at radius 2 is 1.72 bits per heavy atom. The van der Waals surface area contributed by atoms with Gasteiger partial charge in [0.15, 0.2) is 5.54 Å². The average molecular weight is 539 g/mol. The number of hydroxylamine groups is 2. The van der Waals surface area contributed by atoms with Crippen molar-refractivity contribution in [2.24, 2.45) is 5.92 Å². The second-order valence-corrected chi connectivity index (χ2v) is 11.5. The molecule has 2 aliphatic heterocycles. The van der Waals surface area contributed by atoms with Crippen LogP contribution in [-0.2, 0) is 15.1 Å². The maximum Gasteiger partial charge on any atom is 0.421 e. The Labute approximate surface area is 230 Å². The van der Waals surface area contributed by atoms with Crippen LogP contribution in [0.15, 0.2) is 83.8 Å². The molecule has 4 atom stereocenters. The van der Waals surface area contributed by atoms with Crippen LogP contribution in [0.25, 0.3) is 0 Å². The van der Waals surface area contributed by atoms with Gasteiger partial charge in [0, 0.05) is 22.3 Å². The van der Waals surface area contributed by atoms with Gasteiger partial charge in [-0.15, -0.1) is 11.3 Å². The molecule has 0 bridgehead atoms. The first kappa shape index (κ1) is 26.3. The van der Waals surface area contributed by atoms with E-state index in [0.29, 0.717) is 5.56 Å². The molecule has 2 aliphatic rings. The van der Waals surface area contributed by atoms with Crippen LogP contribution in [-0.4, -0.2) is 27.9 Å². The molecular weight excluding hydrogens is 512 g/mol. The van der Waals surface area contributed by atoms with E-state index in [1.165, 1.54) is 17.4 Å². The average Bonchev–Trinajstić information content (AvgIpc) is 3.58. The van der Waals surface area contributed by atoms with Crippen LogP contribution in [0.5, 0.6) is 0 Å². The third-order valence-electron chi connectivity index (χ3n) is 7.10. The number of hydrogen-bond acceptors (Lipinski definition) is 8. The zero-order valence-corrected chi connectivity index (χ0v) is 22.4. The van der Waals surface area contributed by atoms with Crippen LogP contribution in [0.3, 0.4) is 0 Å². The maximum atomic E-state index is 14.6. The summed E-state index contributed by atoms with van der Waals surface area (Å²) in [6, 6.07) is 22.9. The highest BCUT2D eigenvalue weighted by atomic mass is 32.1. The Morgan fingerprint density at radius 1 is 1.05 bits per heavy atom. The minimum atomic E-state index is -1.82. The van der Waals surface area contributed by atoms with E-state index in [1.807, 2.05) is 60.0 Å². The Bertz CT molecular complexity index is 1520. The summed E-state index contributed by atoms with van der Waals surface area (Å²) in [6.45, 7) is 5.12. The highest BCUT2D eigenvalue weighted by Gasteiger charge is 2.69. The van der Waals surface area contributed by atoms with Crippen molar-refractivity contribution in [1.82, 2.24) is 5.06 Å². The number of imide groups is 1. The van der Waals surface area contributed by atoms with E-state index in [9.17, 15) is 25.3 Å². The van der Waals surface area contributed by atoms with Crippen LogP contribution in [0.2, 0.25) is 0 Å². The summed E-state index contributed by atoms with van der Waals surface area (Å²) in [7, 11) is 0. The largest absolute Gasteiger partial charge is 0.443 e. The smallest absolute Gasteiger partial charge is 0.421 e. The molecule has 0 saturated carbocycles. The van der Waals surface area contributed by atoms with E-state index >= 15 is 0 Å². The molecule has 5 rings (SSSR count). The van der Waals surface area contributed by atoms with E-state index in [4.69, 9.17) is 4.74 Å². The molecule has 1 N–H and O–H groups in total. The van der Waals surface area contributed by atoms with Crippen molar-refractivity contribution < 1.29 is 19.5 Å². The molecule has 0 radical (unpaired) electrons. The summed E-state index contributed by atoms with van der Waals surface area (Å²) in [5.74, 6) is -2.14. The van der Waals surface area contributed by atoms with Crippen LogP contribution >= 0.6 is 11.3 Å². The van der Waals surface area contributed by atoms with Gasteiger partial charge in [0.05, 0.1) is 11.7 Å². The Morgan fingerprint density at radius 3 is 2.33 bits per heavy atom. The normalized spacial score (nSPS) is 24.2. The van der Waals surface area contributed by atoms with Crippen LogP contribution in [0.4, 0.5) is 10.5 Å². The molecule has 0 aliphatic carbocycles. The fraction of sp³-hybridized carbons (Fsp3) is 0.267. The number of fused-ring (bicyclic) bond motifs is 2. The summed E-state index contributed by atoms with van der Waals surface area (Å²) in [4.78, 5) is 29.9. The first-order valence-corrected chi connectivity index (χ1v) is 13.3. The Kier molecular flexibility index (Phi) is 6.61. The number of nitrogens with zero attached hydrogens (tertiary/aromatic N) is 4. The van der Waals surface area contributed by atoms with Crippen molar-refractivity contribution >= 4 is 29.0 Å². The van der Waals surface area contributed by atoms with Gasteiger partial charge in [0.2, 0.25) is 0 Å². The van der Waals surface area contributed by atoms with Crippen molar-refractivity contribution in [2.45, 2.75) is 43.9 Å². The van der Waals surface area contributed by atoms with Gasteiger partial charge in [0.25, 0.3) is 5.91 Å². The highest BCUT2D eigenvalue weighted by molar-refractivity contribution is 7.10. The second kappa shape index (κ2) is 9.79. The monoisotopic (exact) mass is 538 g/mol. The molecule has 2 amide bonds. The molecule has 3 aromatic rings. The van der Waals surface area contributed by atoms with Crippen LogP contribution in [0, 0.1) is 28.6 Å². The van der Waals surface area contributed by atoms with E-state index in [0.717, 1.165) is 20.4 Å². The second-order valence-electron chi connectivity index (χ2n) is 10.5. The standard InChI is InChI=1S/C30H26N4O4S/c1-29(2,3)38-28(36)33-23-13-8-7-12-21(23)30(27(33)35)22(16-19(17-31)18-32)25(24-14-9-15-39-24)26(34(30)37)20-10-5-4-6-11-20/h4-16,22,25-26,37H,1-3H3/t22-,25+,26+,30-/m1/s1. The molecular formula is C30H26N4O4S. The number of benzene rings is 2. The van der Waals surface area contributed by atoms with Gasteiger partial charge >= 0.3 is 6.09 Å². The highest BCUT2D eigenvalue weighted by Crippen LogP contribution is 2.64. The minimum absolute atomic E-state index is 0.191. The molecule has 39 heavy (non-hydrogen) atoms. The zero-order valence-electron chi connectivity index (χ0n) is 21.6. The summed E-state index contributed by atoms with van der Waals surface area (Å²) >= 11 is 1.46. The SMILES string of the molecule is CC(C)(C)OC(=O)N1C(=O)[C@@]2(c3ccccc31)[C@H](C=C(C#N)C#N)[C@@H](c1cccs1)[C@H](c1ccccc1)N2O. The molecule has 0 unspecified atom stereocenters. The van der Waals surface area contributed by atoms with E-state index < -0.39 is 41.0 Å². The summed E-state index contributed by atoms with van der Waals surface area (Å²) in [6.07, 6.45) is 0.591. The van der Waals surface area contributed by atoms with Gasteiger partial charge in [-0.1, -0.05) is 54.6 Å². The number of carbonyl (C=O) groups excluding carboxylic acids is 2. The van der Waals surface area contributed by atoms with E-state index in [2.05, 4.69) is 0 Å². The fourth-order valence-electron chi connectivity index (χ4n) is 5.71. The van der Waals surface area contributed by atoms with Crippen molar-refractivity contribution in [1.29, 1.82) is 10.5 Å². The van der Waals surface area contributed by atoms with Crippen LogP contribution in [0.1, 0.15) is 48.7 Å². The first-order valence-electron chi connectivity index (χ1n) is 12.4. The molecule has 196 valence electrons. The maximum absolute atomic E-state index is 14.6. The van der Waals surface area contributed by atoms with Crippen molar-refractivity contribution in [3.8, 4) is 12.1 Å². The summed E-state index contributed by atoms with van der Waals surface area (Å²) in [5.41, 5.74) is -1.48. The quantitative estimate of drug-likeness (QED) is 0.404. The molecule has 1 fully saturated rings. The number of ether oxygens (including phenoxy) is 1. The first-order chi connectivity index (χ1) is 18.6. The lowest BCUT2D eigenvalue weighted by Crippen LogP contribution is -2.53. The topological polar surface area (TPSA) is 118 Å². The minimum Gasteiger partial charge on any atom is -0.443 e. The van der Waals surface area contributed by atoms with E-state index in [-0.39, 0.29) is 11.3 Å². The number of hydrogen-bond donors (Lipinski definition) is 1. The number of amides is 2. The lowest BCUT2D eigenvalue weighted by Gasteiger charge is -2.35. The summed E-state index contributed by atoms with van der Waals surface area (Å²) in [5, 5.41) is 34.6. The Hall–Kier alpha value is -4.28. The third-order valence-corrected chi connectivity index (χ3v) is 8.07. The molecule has 1 spiro atoms. The number of carbonyl (C=O) groups is 2. The van der Waals surface area contributed by atoms with Crippen molar-refractivity contribution in [3.05, 3.63) is 99.8 Å². The van der Waals surface area contributed by atoms with Gasteiger partial charge < -0.3 is 9.94 Å². The lowest BCUT2D eigenvalue weighted by molar-refractivity contribution is -0.189. The molecule has 9 heteroatoms. The van der Waals surface area contributed by atoms with Gasteiger partial charge in [0.1, 0.15) is 23.3 Å². The Balaban J connectivity index is 1.82. The molecule has 1 aromatic heterocycles. The predicted octanol–water partition coefficient (Wildman–Crippen LogP) is 6.04. The number of allylic oxidation sites excluding steroid dienone is 1. The molecule has 8 nitrogen and oxygen atoms in total. The molecule has 3 heterocycles. The van der Waals surface area contributed by atoms with Gasteiger partial charge in [-0.25, -0.2) is 9.69 Å². The zero-order chi connectivity index (χ0) is 27.9. The van der Waals surface area contributed by atoms with Gasteiger partial charge in [-0.3, -0.25) is 4.79 Å². The number of para-hydroxylation sites is 1. The fourth-order valence-corrected chi connectivity index (χ4v) is 6.62. The van der Waals surface area contributed by atoms with Crippen molar-refractivity contribution in [3.63, 3.8) is 0 Å². The van der Waals surface area contributed by atoms with Crippen LogP contribution < -0.4 is 4.90 Å². The molecule has 2 aromatic carbocycles. The van der Waals surface area contributed by atoms with Gasteiger partial charge in [-0.2, -0.15) is 15.6 Å². The predicted molar refractivity (Wildman–Crippen MR) is 145 cm³/mol. The number of rotatable bonds is 3. The lowest BCUT2D eigenvalue weighted by atomic mass is 9.73. The summed E-state index contributed by atoms with van der Waals surface area (Å²) < 4.78 is 5.60. The third kappa shape index (κ3) is 4.12. The van der Waals surface area contributed by atoms with Gasteiger partial charge in [-0.05, 0) is 49.9 Å². The number of anilines is 1. The number of thiophene rings is 1. The molecule has 1 saturated heterocycles. The number of nitriles is 2. The van der Waals surface area contributed by atoms with E-state index in [1.54, 1.807) is 45.0 Å². The van der Waals surface area contributed by atoms with Crippen molar-refractivity contribution in [2.75, 3.05) is 4.90 Å².